The van der Waals surface area contributed by atoms with Crippen molar-refractivity contribution in [2.75, 3.05) is 13.2 Å². The van der Waals surface area contributed by atoms with Crippen molar-refractivity contribution < 1.29 is 44.1 Å². The van der Waals surface area contributed by atoms with Crippen LogP contribution in [0.25, 0.3) is 0 Å². The molecular formula is C25H36BN4O9. The lowest BCUT2D eigenvalue weighted by atomic mass is 10.0. The number of aromatic nitrogens is 2. The number of carbonyl (C=O) groups excluding carboxylic acids is 2. The van der Waals surface area contributed by atoms with Gasteiger partial charge in [0.25, 0.3) is 5.91 Å². The van der Waals surface area contributed by atoms with E-state index in [9.17, 15) is 24.9 Å². The van der Waals surface area contributed by atoms with Crippen LogP contribution in [0.1, 0.15) is 36.3 Å². The second-order valence-electron chi connectivity index (χ2n) is 9.24. The molecule has 1 amide bonds. The monoisotopic (exact) mass is 547 g/mol. The average Bonchev–Trinajstić information content (AvgIpc) is 2.93. The first-order chi connectivity index (χ1) is 18.6. The van der Waals surface area contributed by atoms with Gasteiger partial charge in [-0.25, -0.2) is 9.78 Å². The summed E-state index contributed by atoms with van der Waals surface area (Å²) in [4.78, 5) is 33.5. The molecule has 0 aliphatic rings. The van der Waals surface area contributed by atoms with Gasteiger partial charge in [-0.15, -0.1) is 0 Å². The molecule has 6 atom stereocenters. The maximum atomic E-state index is 13.1. The molecule has 13 nitrogen and oxygen atoms in total. The molecule has 213 valence electrons. The minimum Gasteiger partial charge on any atom is -0.461 e. The van der Waals surface area contributed by atoms with Gasteiger partial charge in [-0.3, -0.25) is 9.78 Å². The van der Waals surface area contributed by atoms with Crippen LogP contribution in [0, 0.1) is 5.92 Å². The number of hydrogen-bond donors (Lipinski definition) is 6. The summed E-state index contributed by atoms with van der Waals surface area (Å²) in [5.74, 6) is -1.29. The number of nitrogens with zero attached hydrogens (tertiary/aromatic N) is 2. The Labute approximate surface area is 227 Å². The molecule has 39 heavy (non-hydrogen) atoms. The van der Waals surface area contributed by atoms with Gasteiger partial charge in [0.05, 0.1) is 19.0 Å². The van der Waals surface area contributed by atoms with E-state index >= 15 is 0 Å². The summed E-state index contributed by atoms with van der Waals surface area (Å²) in [6.07, 6.45) is -2.93. The molecule has 0 fully saturated rings. The molecule has 0 bridgehead atoms. The molecule has 1 aromatic carbocycles. The predicted molar refractivity (Wildman–Crippen MR) is 139 cm³/mol. The van der Waals surface area contributed by atoms with Crippen LogP contribution in [-0.4, -0.2) is 99.9 Å². The fourth-order valence-corrected chi connectivity index (χ4v) is 3.43. The van der Waals surface area contributed by atoms with Crippen molar-refractivity contribution in [1.82, 2.24) is 15.3 Å². The number of nitrogens with one attached hydrogen (secondary N) is 1. The number of esters is 1. The molecule has 1 heterocycles. The van der Waals surface area contributed by atoms with Crippen molar-refractivity contribution in [2.24, 2.45) is 11.7 Å². The molecule has 0 unspecified atom stereocenters. The number of amides is 1. The maximum Gasteiger partial charge on any atom is 0.489 e. The summed E-state index contributed by atoms with van der Waals surface area (Å²) in [5, 5.41) is 42.2. The molecule has 2 aromatic rings. The zero-order chi connectivity index (χ0) is 28.8. The highest BCUT2D eigenvalue weighted by molar-refractivity contribution is 6.18. The van der Waals surface area contributed by atoms with E-state index in [1.54, 1.807) is 30.3 Å². The summed E-state index contributed by atoms with van der Waals surface area (Å²) >= 11 is 0. The van der Waals surface area contributed by atoms with E-state index < -0.39 is 61.8 Å². The van der Waals surface area contributed by atoms with Crippen LogP contribution < -0.4 is 11.1 Å². The Balaban J connectivity index is 2.12. The van der Waals surface area contributed by atoms with Crippen molar-refractivity contribution in [1.29, 1.82) is 0 Å². The lowest BCUT2D eigenvalue weighted by molar-refractivity contribution is -0.156. The molecule has 0 aliphatic heterocycles. The highest BCUT2D eigenvalue weighted by Crippen LogP contribution is 2.12. The molecule has 0 saturated heterocycles. The van der Waals surface area contributed by atoms with Gasteiger partial charge in [0, 0.05) is 18.8 Å². The molecule has 0 saturated carbocycles. The van der Waals surface area contributed by atoms with Crippen molar-refractivity contribution in [3.05, 3.63) is 60.2 Å². The second-order valence-corrected chi connectivity index (χ2v) is 9.24. The summed E-state index contributed by atoms with van der Waals surface area (Å²) in [5.41, 5.74) is 6.56. The van der Waals surface area contributed by atoms with Crippen LogP contribution in [-0.2, 0) is 25.3 Å². The number of hydrogen-bond acceptors (Lipinski definition) is 12. The minimum absolute atomic E-state index is 0.00871. The third-order valence-electron chi connectivity index (χ3n) is 5.53. The summed E-state index contributed by atoms with van der Waals surface area (Å²) in [6, 6.07) is 7.72. The first-order valence-electron chi connectivity index (χ1n) is 12.4. The van der Waals surface area contributed by atoms with E-state index in [0.29, 0.717) is 6.42 Å². The SMILES string of the molecule is CC(C)C[C@H](N)O[B]O[C@H](COC(=O)[C@H](Cc1ccccc1)NC(=O)c1cnccn1)[C@@H](O)[C@H](O)[C@H](O)CO. The third kappa shape index (κ3) is 11.3. The predicted octanol–water partition coefficient (Wildman–Crippen LogP) is -1.30. The Hall–Kier alpha value is -2.98. The quantitative estimate of drug-likeness (QED) is 0.0777. The fraction of sp³-hybridized carbons (Fsp3) is 0.520. The van der Waals surface area contributed by atoms with Gasteiger partial charge in [0.15, 0.2) is 0 Å². The summed E-state index contributed by atoms with van der Waals surface area (Å²) in [7, 11) is 0.851. The molecule has 2 rings (SSSR count). The molecular weight excluding hydrogens is 511 g/mol. The minimum atomic E-state index is -1.84. The van der Waals surface area contributed by atoms with Crippen LogP contribution in [0.2, 0.25) is 0 Å². The van der Waals surface area contributed by atoms with Crippen LogP contribution in [0.15, 0.2) is 48.9 Å². The van der Waals surface area contributed by atoms with Gasteiger partial charge in [0.2, 0.25) is 0 Å². The standard InChI is InChI=1S/C25H36BN4O9/c1-15(2)10-21(27)39-26-38-20(23(34)22(33)19(32)13-31)14-37-25(36)17(11-16-6-4-3-5-7-16)30-24(35)18-12-28-8-9-29-18/h3-9,12,15,17,19-23,31-34H,10-11,13-14,27H2,1-2H3,(H,30,35)/t17-,19+,20+,21+,22+,23+/m0/s1. The Morgan fingerprint density at radius 3 is 2.41 bits per heavy atom. The van der Waals surface area contributed by atoms with E-state index in [2.05, 4.69) is 15.3 Å². The van der Waals surface area contributed by atoms with Crippen molar-refractivity contribution in [3.63, 3.8) is 0 Å². The Kier molecular flexibility index (Phi) is 13.9. The van der Waals surface area contributed by atoms with Crippen LogP contribution in [0.4, 0.5) is 0 Å². The Bertz CT molecular complexity index is 990. The molecule has 14 heteroatoms. The average molecular weight is 547 g/mol. The van der Waals surface area contributed by atoms with Gasteiger partial charge in [-0.2, -0.15) is 0 Å². The lowest BCUT2D eigenvalue weighted by Gasteiger charge is -2.29. The van der Waals surface area contributed by atoms with Gasteiger partial charge in [-0.1, -0.05) is 44.2 Å². The number of aliphatic hydroxyl groups excluding tert-OH is 4. The number of benzene rings is 1. The zero-order valence-corrected chi connectivity index (χ0v) is 21.9. The van der Waals surface area contributed by atoms with E-state index in [4.69, 9.17) is 24.9 Å². The highest BCUT2D eigenvalue weighted by Gasteiger charge is 2.34. The Morgan fingerprint density at radius 1 is 1.08 bits per heavy atom. The number of nitrogens with two attached hydrogens (primary N) is 1. The van der Waals surface area contributed by atoms with E-state index in [-0.39, 0.29) is 18.0 Å². The van der Waals surface area contributed by atoms with Crippen LogP contribution in [0.3, 0.4) is 0 Å². The van der Waals surface area contributed by atoms with Gasteiger partial charge < -0.3 is 45.5 Å². The Morgan fingerprint density at radius 2 is 1.79 bits per heavy atom. The number of ether oxygens (including phenoxy) is 1. The van der Waals surface area contributed by atoms with Crippen molar-refractivity contribution >= 4 is 19.6 Å². The summed E-state index contributed by atoms with van der Waals surface area (Å²) in [6.45, 7) is 2.44. The normalized spacial score (nSPS) is 16.0. The molecule has 7 N–H and O–H groups in total. The van der Waals surface area contributed by atoms with Gasteiger partial charge in [0.1, 0.15) is 42.8 Å². The fourth-order valence-electron chi connectivity index (χ4n) is 3.43. The molecule has 1 aromatic heterocycles. The second kappa shape index (κ2) is 16.9. The van der Waals surface area contributed by atoms with Crippen LogP contribution in [0.5, 0.6) is 0 Å². The summed E-state index contributed by atoms with van der Waals surface area (Å²) < 4.78 is 16.0. The largest absolute Gasteiger partial charge is 0.489 e. The molecule has 0 aliphatic carbocycles. The number of aliphatic hydroxyl groups is 4. The molecule has 1 radical (unpaired) electrons. The topological polar surface area (TPSA) is 207 Å². The van der Waals surface area contributed by atoms with Crippen molar-refractivity contribution in [2.45, 2.75) is 63.4 Å². The van der Waals surface area contributed by atoms with Crippen molar-refractivity contribution in [3.8, 4) is 0 Å². The van der Waals surface area contributed by atoms with E-state index in [1.165, 1.54) is 18.6 Å². The third-order valence-corrected chi connectivity index (χ3v) is 5.53. The number of rotatable bonds is 17. The van der Waals surface area contributed by atoms with Crippen LogP contribution >= 0.6 is 0 Å². The molecule has 0 spiro atoms. The van der Waals surface area contributed by atoms with E-state index in [0.717, 1.165) is 13.2 Å². The van der Waals surface area contributed by atoms with Gasteiger partial charge >= 0.3 is 13.7 Å². The first-order valence-corrected chi connectivity index (χ1v) is 12.4. The first kappa shape index (κ1) is 32.2. The lowest BCUT2D eigenvalue weighted by Crippen LogP contribution is -2.50. The zero-order valence-electron chi connectivity index (χ0n) is 21.9. The maximum absolute atomic E-state index is 13.1. The highest BCUT2D eigenvalue weighted by atomic mass is 16.6. The van der Waals surface area contributed by atoms with Gasteiger partial charge in [-0.05, 0) is 17.9 Å². The number of carbonyl (C=O) groups is 2. The smallest absolute Gasteiger partial charge is 0.461 e. The van der Waals surface area contributed by atoms with E-state index in [1.807, 2.05) is 13.8 Å².